The molecule has 0 saturated carbocycles. The third-order valence-electron chi connectivity index (χ3n) is 5.82. The number of carbonyl (C=O) groups is 3. The molecule has 184 valence electrons. The van der Waals surface area contributed by atoms with Gasteiger partial charge in [-0.2, -0.15) is 0 Å². The number of amides is 1. The Hall–Kier alpha value is -4.25. The number of aryl methyl sites for hydroxylation is 1. The number of carbonyl (C=O) groups excluding carboxylic acids is 3. The number of hydrogen-bond acceptors (Lipinski definition) is 9. The Labute approximate surface area is 208 Å². The maximum Gasteiger partial charge on any atom is 0.350 e. The van der Waals surface area contributed by atoms with Crippen molar-refractivity contribution in [3.05, 3.63) is 75.6 Å². The molecule has 3 heterocycles. The van der Waals surface area contributed by atoms with Crippen LogP contribution in [0.4, 0.5) is 9.52 Å². The van der Waals surface area contributed by atoms with Gasteiger partial charge in [0.15, 0.2) is 16.6 Å². The largest absolute Gasteiger partial charge is 0.507 e. The van der Waals surface area contributed by atoms with Gasteiger partial charge in [-0.15, -0.1) is 0 Å². The third-order valence-corrected chi connectivity index (χ3v) is 6.96. The lowest BCUT2D eigenvalue weighted by molar-refractivity contribution is -0.132. The fourth-order valence-electron chi connectivity index (χ4n) is 4.13. The summed E-state index contributed by atoms with van der Waals surface area (Å²) in [6.45, 7) is 2.23. The van der Waals surface area contributed by atoms with E-state index in [4.69, 9.17) is 14.2 Å². The molecular weight excluding hydrogens is 491 g/mol. The molecule has 1 saturated heterocycles. The lowest BCUT2D eigenvalue weighted by atomic mass is 9.95. The van der Waals surface area contributed by atoms with Gasteiger partial charge in [-0.1, -0.05) is 29.5 Å². The molecule has 3 aromatic rings. The van der Waals surface area contributed by atoms with Crippen molar-refractivity contribution in [2.75, 3.05) is 25.2 Å². The Balaban J connectivity index is 1.70. The van der Waals surface area contributed by atoms with Gasteiger partial charge in [0, 0.05) is 11.1 Å². The van der Waals surface area contributed by atoms with Gasteiger partial charge in [-0.3, -0.25) is 14.5 Å². The first-order chi connectivity index (χ1) is 17.3. The highest BCUT2D eigenvalue weighted by molar-refractivity contribution is 7.17. The molecule has 2 aromatic carbocycles. The highest BCUT2D eigenvalue weighted by Gasteiger charge is 2.49. The molecule has 0 bridgehead atoms. The summed E-state index contributed by atoms with van der Waals surface area (Å²) in [7, 11) is 1.21. The number of rotatable bonds is 4. The van der Waals surface area contributed by atoms with Crippen LogP contribution in [0.25, 0.3) is 5.76 Å². The summed E-state index contributed by atoms with van der Waals surface area (Å²) in [6, 6.07) is 8.85. The average molecular weight is 510 g/mol. The minimum Gasteiger partial charge on any atom is -0.507 e. The molecule has 0 spiro atoms. The van der Waals surface area contributed by atoms with Crippen molar-refractivity contribution in [1.29, 1.82) is 0 Å². The Kier molecular flexibility index (Phi) is 5.92. The number of ketones is 1. The Bertz CT molecular complexity index is 1450. The number of aliphatic hydroxyl groups is 1. The zero-order valence-corrected chi connectivity index (χ0v) is 19.9. The van der Waals surface area contributed by atoms with Gasteiger partial charge in [-0.25, -0.2) is 14.2 Å². The summed E-state index contributed by atoms with van der Waals surface area (Å²) in [5.74, 6) is -3.08. The van der Waals surface area contributed by atoms with Gasteiger partial charge in [0.1, 0.15) is 35.7 Å². The normalized spacial score (nSPS) is 18.4. The van der Waals surface area contributed by atoms with Crippen LogP contribution in [0, 0.1) is 12.7 Å². The Morgan fingerprint density at radius 3 is 2.61 bits per heavy atom. The van der Waals surface area contributed by atoms with E-state index in [0.29, 0.717) is 24.7 Å². The van der Waals surface area contributed by atoms with Crippen molar-refractivity contribution in [3.63, 3.8) is 0 Å². The molecule has 2 aliphatic rings. The lowest BCUT2D eigenvalue weighted by Gasteiger charge is -2.23. The van der Waals surface area contributed by atoms with Crippen molar-refractivity contribution in [2.24, 2.45) is 0 Å². The quantitative estimate of drug-likeness (QED) is 0.244. The van der Waals surface area contributed by atoms with Crippen LogP contribution >= 0.6 is 11.3 Å². The highest BCUT2D eigenvalue weighted by atomic mass is 32.1. The first kappa shape index (κ1) is 23.5. The summed E-state index contributed by atoms with van der Waals surface area (Å²) in [5, 5.41) is 11.2. The second-order valence-electron chi connectivity index (χ2n) is 7.95. The molecule has 36 heavy (non-hydrogen) atoms. The minimum atomic E-state index is -1.34. The first-order valence-corrected chi connectivity index (χ1v) is 11.6. The van der Waals surface area contributed by atoms with E-state index in [1.807, 2.05) is 0 Å². The van der Waals surface area contributed by atoms with Gasteiger partial charge in [0.25, 0.3) is 5.78 Å². The molecule has 0 aliphatic carbocycles. The predicted molar refractivity (Wildman–Crippen MR) is 127 cm³/mol. The number of aromatic nitrogens is 1. The average Bonchev–Trinajstić information content (AvgIpc) is 3.39. The van der Waals surface area contributed by atoms with Crippen LogP contribution in [-0.2, 0) is 14.3 Å². The maximum atomic E-state index is 15.0. The lowest BCUT2D eigenvalue weighted by Crippen LogP contribution is -2.29. The van der Waals surface area contributed by atoms with Gasteiger partial charge in [-0.05, 0) is 31.2 Å². The molecular formula is C25H19FN2O7S. The van der Waals surface area contributed by atoms with E-state index in [2.05, 4.69) is 4.98 Å². The number of halogens is 1. The van der Waals surface area contributed by atoms with Crippen molar-refractivity contribution in [3.8, 4) is 11.5 Å². The van der Waals surface area contributed by atoms with Crippen LogP contribution in [0.3, 0.4) is 0 Å². The van der Waals surface area contributed by atoms with E-state index < -0.39 is 35.3 Å². The molecule has 1 N–H and O–H groups in total. The topological polar surface area (TPSA) is 115 Å². The molecule has 11 heteroatoms. The number of benzene rings is 2. The molecule has 1 fully saturated rings. The number of Topliss-reactive ketones (excluding diaryl/α,β-unsaturated/α-hetero) is 1. The molecule has 1 amide bonds. The molecule has 0 radical (unpaired) electrons. The second kappa shape index (κ2) is 9.08. The Morgan fingerprint density at radius 1 is 1.17 bits per heavy atom. The van der Waals surface area contributed by atoms with E-state index >= 15 is 4.39 Å². The number of thiazole rings is 1. The first-order valence-electron chi connectivity index (χ1n) is 10.8. The summed E-state index contributed by atoms with van der Waals surface area (Å²) < 4.78 is 30.9. The van der Waals surface area contributed by atoms with Crippen LogP contribution in [-0.4, -0.2) is 48.1 Å². The van der Waals surface area contributed by atoms with Crippen LogP contribution in [0.15, 0.2) is 48.0 Å². The summed E-state index contributed by atoms with van der Waals surface area (Å²) in [6.07, 6.45) is 0. The van der Waals surface area contributed by atoms with Crippen LogP contribution < -0.4 is 14.4 Å². The van der Waals surface area contributed by atoms with E-state index in [0.717, 1.165) is 16.2 Å². The number of esters is 1. The fraction of sp³-hybridized carbons (Fsp3) is 0.200. The minimum absolute atomic E-state index is 0.00974. The van der Waals surface area contributed by atoms with Gasteiger partial charge in [0.2, 0.25) is 0 Å². The number of methoxy groups -OCH3 is 1. The van der Waals surface area contributed by atoms with E-state index in [-0.39, 0.29) is 32.4 Å². The van der Waals surface area contributed by atoms with Crippen LogP contribution in [0.1, 0.15) is 32.5 Å². The number of ether oxygens (including phenoxy) is 3. The monoisotopic (exact) mass is 510 g/mol. The number of anilines is 1. The number of hydrogen-bond donors (Lipinski definition) is 1. The summed E-state index contributed by atoms with van der Waals surface area (Å²) >= 11 is 0.832. The third kappa shape index (κ3) is 3.77. The number of nitrogens with zero attached hydrogens (tertiary/aromatic N) is 2. The molecule has 0 unspecified atom stereocenters. The molecule has 1 atom stereocenters. The SMILES string of the molecule is COC(=O)c1sc(N2C(=O)C(=O)C(=C(O)c3ccc4c(c3)OCCO4)[C@@H]2c2ccccc2F)nc1C. The van der Waals surface area contributed by atoms with Crippen LogP contribution in [0.5, 0.6) is 11.5 Å². The highest BCUT2D eigenvalue weighted by Crippen LogP contribution is 2.45. The van der Waals surface area contributed by atoms with Crippen LogP contribution in [0.2, 0.25) is 0 Å². The maximum absolute atomic E-state index is 15.0. The van der Waals surface area contributed by atoms with Crippen molar-refractivity contribution in [1.82, 2.24) is 4.98 Å². The van der Waals surface area contributed by atoms with Gasteiger partial charge >= 0.3 is 11.9 Å². The van der Waals surface area contributed by atoms with Gasteiger partial charge in [0.05, 0.1) is 18.4 Å². The van der Waals surface area contributed by atoms with E-state index in [1.165, 1.54) is 37.4 Å². The van der Waals surface area contributed by atoms with Crippen molar-refractivity contribution < 1.29 is 38.1 Å². The number of fused-ring (bicyclic) bond motifs is 1. The number of aliphatic hydroxyl groups excluding tert-OH is 1. The zero-order chi connectivity index (χ0) is 25.6. The molecule has 9 nitrogen and oxygen atoms in total. The van der Waals surface area contributed by atoms with Crippen molar-refractivity contribution in [2.45, 2.75) is 13.0 Å². The zero-order valence-electron chi connectivity index (χ0n) is 19.1. The Morgan fingerprint density at radius 2 is 1.89 bits per heavy atom. The standard InChI is InChI=1S/C25H19FN2O7S/c1-12-22(24(32)33-2)36-25(27-12)28-19(14-5-3-4-6-15(14)26)18(21(30)23(28)31)20(29)13-7-8-16-17(11-13)35-10-9-34-16/h3-8,11,19,29H,9-10H2,1-2H3/t19-/m0/s1. The fourth-order valence-corrected chi connectivity index (χ4v) is 5.15. The smallest absolute Gasteiger partial charge is 0.350 e. The van der Waals surface area contributed by atoms with Gasteiger partial charge < -0.3 is 19.3 Å². The van der Waals surface area contributed by atoms with E-state index in [1.54, 1.807) is 19.1 Å². The molecule has 5 rings (SSSR count). The predicted octanol–water partition coefficient (Wildman–Crippen LogP) is 3.77. The second-order valence-corrected chi connectivity index (χ2v) is 8.93. The van der Waals surface area contributed by atoms with Crippen molar-refractivity contribution >= 4 is 39.9 Å². The summed E-state index contributed by atoms with van der Waals surface area (Å²) in [4.78, 5) is 44.1. The molecule has 2 aliphatic heterocycles. The molecule has 1 aromatic heterocycles. The van der Waals surface area contributed by atoms with E-state index in [9.17, 15) is 19.5 Å². The summed E-state index contributed by atoms with van der Waals surface area (Å²) in [5.41, 5.74) is 0.115.